The number of ether oxygens (including phenoxy) is 1. The van der Waals surface area contributed by atoms with Gasteiger partial charge in [0.25, 0.3) is 0 Å². The number of hydrogen-bond acceptors (Lipinski definition) is 6. The highest BCUT2D eigenvalue weighted by atomic mass is 32.2. The molecule has 1 aliphatic rings. The maximum absolute atomic E-state index is 13.1. The van der Waals surface area contributed by atoms with E-state index in [1.165, 1.54) is 30.6 Å². The third-order valence-electron chi connectivity index (χ3n) is 4.87. The Hall–Kier alpha value is -3.80. The summed E-state index contributed by atoms with van der Waals surface area (Å²) in [6.07, 6.45) is 1.70. The van der Waals surface area contributed by atoms with Crippen LogP contribution in [-0.4, -0.2) is 28.2 Å². The molecule has 1 fully saturated rings. The van der Waals surface area contributed by atoms with Crippen LogP contribution in [0.3, 0.4) is 0 Å². The van der Waals surface area contributed by atoms with Crippen LogP contribution >= 0.6 is 11.8 Å². The molecule has 3 N–H and O–H groups in total. The van der Waals surface area contributed by atoms with Gasteiger partial charge in [-0.15, -0.1) is 11.8 Å². The summed E-state index contributed by atoms with van der Waals surface area (Å²) in [4.78, 5) is 32.7. The Labute approximate surface area is 202 Å². The number of carbonyl (C=O) groups excluding carboxylic acids is 2. The number of pyridine rings is 2. The summed E-state index contributed by atoms with van der Waals surface area (Å²) in [5, 5.41) is 7.64. The number of amides is 3. The monoisotopic (exact) mass is 503 g/mol. The fourth-order valence-corrected chi connectivity index (χ4v) is 3.49. The Balaban J connectivity index is 1.35. The quantitative estimate of drug-likeness (QED) is 0.342. The fourth-order valence-electron chi connectivity index (χ4n) is 3.00. The molecular weight excluding hydrogens is 483 g/mol. The van der Waals surface area contributed by atoms with E-state index in [9.17, 15) is 22.8 Å². The maximum atomic E-state index is 13.1. The number of aromatic nitrogens is 2. The second kappa shape index (κ2) is 10.2. The molecule has 0 saturated heterocycles. The van der Waals surface area contributed by atoms with E-state index in [0.29, 0.717) is 22.2 Å². The van der Waals surface area contributed by atoms with Crippen molar-refractivity contribution >= 4 is 40.9 Å². The number of urea groups is 1. The number of halogens is 3. The predicted molar refractivity (Wildman–Crippen MR) is 126 cm³/mol. The lowest BCUT2D eigenvalue weighted by Gasteiger charge is -2.13. The SMILES string of the molecule is CSc1cc(NC(=O)Nc2ccc(Oc3ccnc(NC(=O)C4CC4)c3)nc2)cc(C(F)(F)F)c1. The topological polar surface area (TPSA) is 105 Å². The molecule has 4 rings (SSSR count). The first-order valence-electron chi connectivity index (χ1n) is 10.4. The van der Waals surface area contributed by atoms with Gasteiger partial charge < -0.3 is 20.7 Å². The number of nitrogens with zero attached hydrogens (tertiary/aromatic N) is 2. The van der Waals surface area contributed by atoms with E-state index in [1.807, 2.05) is 0 Å². The molecule has 0 unspecified atom stereocenters. The Morgan fingerprint density at radius 3 is 2.43 bits per heavy atom. The van der Waals surface area contributed by atoms with Gasteiger partial charge in [-0.3, -0.25) is 4.79 Å². The summed E-state index contributed by atoms with van der Waals surface area (Å²) in [7, 11) is 0. The largest absolute Gasteiger partial charge is 0.439 e. The molecule has 3 amide bonds. The molecule has 0 bridgehead atoms. The normalized spacial score (nSPS) is 13.1. The lowest BCUT2D eigenvalue weighted by molar-refractivity contribution is -0.137. The van der Waals surface area contributed by atoms with Gasteiger partial charge in [-0.1, -0.05) is 0 Å². The molecule has 1 aromatic carbocycles. The van der Waals surface area contributed by atoms with Gasteiger partial charge in [0.05, 0.1) is 17.4 Å². The Morgan fingerprint density at radius 2 is 1.77 bits per heavy atom. The highest BCUT2D eigenvalue weighted by molar-refractivity contribution is 7.98. The molecule has 12 heteroatoms. The lowest BCUT2D eigenvalue weighted by Crippen LogP contribution is -2.20. The van der Waals surface area contributed by atoms with E-state index in [1.54, 1.807) is 18.4 Å². The van der Waals surface area contributed by atoms with Gasteiger partial charge in [0.15, 0.2) is 0 Å². The average Bonchev–Trinajstić information content (AvgIpc) is 3.65. The van der Waals surface area contributed by atoms with Crippen LogP contribution in [-0.2, 0) is 11.0 Å². The van der Waals surface area contributed by atoms with Crippen molar-refractivity contribution in [2.45, 2.75) is 23.9 Å². The first-order chi connectivity index (χ1) is 16.7. The summed E-state index contributed by atoms with van der Waals surface area (Å²) in [6, 6.07) is 8.81. The van der Waals surface area contributed by atoms with Crippen LogP contribution in [0.1, 0.15) is 18.4 Å². The standard InChI is InChI=1S/C23H20F3N5O3S/c1-35-18-9-14(23(24,25)26)8-16(10-18)30-22(33)29-15-4-5-20(28-12-15)34-17-6-7-27-19(11-17)31-21(32)13-2-3-13/h4-13H,2-3H2,1H3,(H,27,31,32)(H2,29,30,33). The summed E-state index contributed by atoms with van der Waals surface area (Å²) >= 11 is 1.13. The summed E-state index contributed by atoms with van der Waals surface area (Å²) in [6.45, 7) is 0. The molecule has 0 atom stereocenters. The Bertz CT molecular complexity index is 1230. The van der Waals surface area contributed by atoms with E-state index in [-0.39, 0.29) is 23.4 Å². The third-order valence-corrected chi connectivity index (χ3v) is 5.58. The number of hydrogen-bond donors (Lipinski definition) is 3. The summed E-state index contributed by atoms with van der Waals surface area (Å²) in [5.74, 6) is 0.974. The van der Waals surface area contributed by atoms with Crippen LogP contribution in [0, 0.1) is 5.92 Å². The minimum atomic E-state index is -4.53. The van der Waals surface area contributed by atoms with Crippen molar-refractivity contribution in [1.29, 1.82) is 0 Å². The van der Waals surface area contributed by atoms with Crippen LogP contribution in [0.25, 0.3) is 0 Å². The van der Waals surface area contributed by atoms with Gasteiger partial charge in [-0.25, -0.2) is 14.8 Å². The zero-order chi connectivity index (χ0) is 25.0. The molecule has 182 valence electrons. The molecule has 1 saturated carbocycles. The molecule has 0 spiro atoms. The number of thioether (sulfide) groups is 1. The zero-order valence-electron chi connectivity index (χ0n) is 18.3. The van der Waals surface area contributed by atoms with Crippen molar-refractivity contribution < 1.29 is 27.5 Å². The average molecular weight is 504 g/mol. The third kappa shape index (κ3) is 6.85. The Kier molecular flexibility index (Phi) is 7.10. The van der Waals surface area contributed by atoms with Gasteiger partial charge in [0.2, 0.25) is 11.8 Å². The van der Waals surface area contributed by atoms with E-state index in [2.05, 4.69) is 25.9 Å². The van der Waals surface area contributed by atoms with Crippen molar-refractivity contribution in [2.75, 3.05) is 22.2 Å². The second-order valence-electron chi connectivity index (χ2n) is 7.65. The maximum Gasteiger partial charge on any atom is 0.416 e. The van der Waals surface area contributed by atoms with Gasteiger partial charge in [-0.2, -0.15) is 13.2 Å². The first kappa shape index (κ1) is 24.3. The fraction of sp³-hybridized carbons (Fsp3) is 0.217. The van der Waals surface area contributed by atoms with Gasteiger partial charge in [-0.05, 0) is 49.4 Å². The highest BCUT2D eigenvalue weighted by Crippen LogP contribution is 2.34. The summed E-state index contributed by atoms with van der Waals surface area (Å²) < 4.78 is 44.9. The van der Waals surface area contributed by atoms with Gasteiger partial charge >= 0.3 is 12.2 Å². The lowest BCUT2D eigenvalue weighted by atomic mass is 10.2. The van der Waals surface area contributed by atoms with E-state index in [0.717, 1.165) is 36.7 Å². The molecule has 35 heavy (non-hydrogen) atoms. The minimum absolute atomic E-state index is 0.0110. The molecule has 2 heterocycles. The summed E-state index contributed by atoms with van der Waals surface area (Å²) in [5.41, 5.74) is -0.537. The first-order valence-corrected chi connectivity index (χ1v) is 11.7. The number of rotatable bonds is 7. The molecule has 0 aliphatic heterocycles. The van der Waals surface area contributed by atoms with E-state index < -0.39 is 17.8 Å². The van der Waals surface area contributed by atoms with Crippen LogP contribution in [0.5, 0.6) is 11.6 Å². The molecule has 8 nitrogen and oxygen atoms in total. The highest BCUT2D eigenvalue weighted by Gasteiger charge is 2.31. The molecular formula is C23H20F3N5O3S. The predicted octanol–water partition coefficient (Wildman–Crippen LogP) is 6.00. The Morgan fingerprint density at radius 1 is 1.00 bits per heavy atom. The van der Waals surface area contributed by atoms with Crippen LogP contribution < -0.4 is 20.7 Å². The molecule has 3 aromatic rings. The number of anilines is 3. The van der Waals surface area contributed by atoms with Crippen LogP contribution in [0.4, 0.5) is 35.2 Å². The van der Waals surface area contributed by atoms with Crippen LogP contribution in [0.15, 0.2) is 59.8 Å². The van der Waals surface area contributed by atoms with Gasteiger partial charge in [0.1, 0.15) is 11.6 Å². The van der Waals surface area contributed by atoms with Crippen molar-refractivity contribution in [3.63, 3.8) is 0 Å². The second-order valence-corrected chi connectivity index (χ2v) is 8.53. The number of nitrogens with one attached hydrogen (secondary N) is 3. The molecule has 0 radical (unpaired) electrons. The number of alkyl halides is 3. The van der Waals surface area contributed by atoms with Crippen molar-refractivity contribution in [3.05, 3.63) is 60.4 Å². The van der Waals surface area contributed by atoms with Crippen molar-refractivity contribution in [1.82, 2.24) is 9.97 Å². The number of carbonyl (C=O) groups is 2. The van der Waals surface area contributed by atoms with Crippen molar-refractivity contribution in [2.24, 2.45) is 5.92 Å². The van der Waals surface area contributed by atoms with Gasteiger partial charge in [0, 0.05) is 34.8 Å². The molecule has 2 aromatic heterocycles. The smallest absolute Gasteiger partial charge is 0.416 e. The van der Waals surface area contributed by atoms with E-state index in [4.69, 9.17) is 4.74 Å². The van der Waals surface area contributed by atoms with Crippen LogP contribution in [0.2, 0.25) is 0 Å². The minimum Gasteiger partial charge on any atom is -0.439 e. The molecule has 1 aliphatic carbocycles. The van der Waals surface area contributed by atoms with Crippen molar-refractivity contribution in [3.8, 4) is 11.6 Å². The number of benzene rings is 1. The van der Waals surface area contributed by atoms with E-state index >= 15 is 0 Å². The zero-order valence-corrected chi connectivity index (χ0v) is 19.2.